The summed E-state index contributed by atoms with van der Waals surface area (Å²) in [6.45, 7) is 0.0838. The molecule has 0 unspecified atom stereocenters. The van der Waals surface area contributed by atoms with E-state index in [0.29, 0.717) is 4.88 Å². The number of carbonyl (C=O) groups is 3. The number of benzene rings is 1. The Bertz CT molecular complexity index is 886. The maximum absolute atomic E-state index is 13.0. The standard InChI is InChI=1S/C18H16F2N2O5S/c19-18(20)26-13-5-3-11(10-14(13)27-18)22-17(25)7-8-21-16(24)6-4-12(23)15-2-1-9-28-15/h1-3,5,9-10H,4,6-8H2,(H,21,24)(H,22,25). The van der Waals surface area contributed by atoms with E-state index in [1.165, 1.54) is 29.5 Å². The molecule has 0 bridgehead atoms. The van der Waals surface area contributed by atoms with Gasteiger partial charge in [-0.2, -0.15) is 0 Å². The zero-order valence-electron chi connectivity index (χ0n) is 14.5. The first-order valence-electron chi connectivity index (χ1n) is 8.35. The fourth-order valence-electron chi connectivity index (χ4n) is 2.44. The Kier molecular flexibility index (Phi) is 5.88. The molecule has 0 fully saturated rings. The largest absolute Gasteiger partial charge is 0.586 e. The number of hydrogen-bond acceptors (Lipinski definition) is 6. The predicted molar refractivity (Wildman–Crippen MR) is 96.8 cm³/mol. The molecule has 1 aliphatic rings. The van der Waals surface area contributed by atoms with Gasteiger partial charge in [-0.05, 0) is 23.6 Å². The van der Waals surface area contributed by atoms with Crippen molar-refractivity contribution in [2.24, 2.45) is 0 Å². The van der Waals surface area contributed by atoms with E-state index in [4.69, 9.17) is 0 Å². The molecule has 2 heterocycles. The van der Waals surface area contributed by atoms with Crippen LogP contribution in [0.25, 0.3) is 0 Å². The van der Waals surface area contributed by atoms with Crippen LogP contribution in [0.1, 0.15) is 28.9 Å². The maximum Gasteiger partial charge on any atom is 0.586 e. The van der Waals surface area contributed by atoms with Crippen LogP contribution in [-0.4, -0.2) is 30.4 Å². The number of thiophene rings is 1. The van der Waals surface area contributed by atoms with Crippen molar-refractivity contribution in [3.63, 3.8) is 0 Å². The van der Waals surface area contributed by atoms with E-state index in [9.17, 15) is 23.2 Å². The number of Topliss-reactive ketones (excluding diaryl/α,β-unsaturated/α-hetero) is 1. The normalized spacial score (nSPS) is 13.8. The molecule has 3 rings (SSSR count). The van der Waals surface area contributed by atoms with Gasteiger partial charge in [-0.15, -0.1) is 20.1 Å². The van der Waals surface area contributed by atoms with Crippen LogP contribution < -0.4 is 20.1 Å². The minimum absolute atomic E-state index is 0.0186. The molecule has 148 valence electrons. The summed E-state index contributed by atoms with van der Waals surface area (Å²) in [7, 11) is 0. The summed E-state index contributed by atoms with van der Waals surface area (Å²) < 4.78 is 34.5. The van der Waals surface area contributed by atoms with Gasteiger partial charge in [0.25, 0.3) is 0 Å². The zero-order chi connectivity index (χ0) is 20.1. The predicted octanol–water partition coefficient (Wildman–Crippen LogP) is 3.18. The highest BCUT2D eigenvalue weighted by molar-refractivity contribution is 7.12. The molecule has 2 amide bonds. The van der Waals surface area contributed by atoms with Gasteiger partial charge in [0.05, 0.1) is 4.88 Å². The SMILES string of the molecule is O=C(CCC(=O)c1cccs1)NCCC(=O)Nc1ccc2c(c1)OC(F)(F)O2. The third kappa shape index (κ3) is 5.26. The quantitative estimate of drug-likeness (QED) is 0.652. The molecule has 0 aliphatic carbocycles. The van der Waals surface area contributed by atoms with Gasteiger partial charge in [0.2, 0.25) is 11.8 Å². The van der Waals surface area contributed by atoms with Crippen LogP contribution in [0.5, 0.6) is 11.5 Å². The molecule has 28 heavy (non-hydrogen) atoms. The molecule has 10 heteroatoms. The van der Waals surface area contributed by atoms with Gasteiger partial charge in [0.15, 0.2) is 17.3 Å². The Morgan fingerprint density at radius 3 is 2.54 bits per heavy atom. The minimum Gasteiger partial charge on any atom is -0.395 e. The van der Waals surface area contributed by atoms with Crippen LogP contribution in [0, 0.1) is 0 Å². The number of halogens is 2. The summed E-state index contributed by atoms with van der Waals surface area (Å²) in [5.41, 5.74) is 0.262. The fourth-order valence-corrected chi connectivity index (χ4v) is 3.14. The summed E-state index contributed by atoms with van der Waals surface area (Å²) >= 11 is 1.32. The lowest BCUT2D eigenvalue weighted by Crippen LogP contribution is -2.27. The number of nitrogens with one attached hydrogen (secondary N) is 2. The summed E-state index contributed by atoms with van der Waals surface area (Å²) in [6, 6.07) is 7.35. The molecule has 0 saturated heterocycles. The molecule has 0 atom stereocenters. The second kappa shape index (κ2) is 8.34. The van der Waals surface area contributed by atoms with Crippen molar-refractivity contribution in [2.75, 3.05) is 11.9 Å². The van der Waals surface area contributed by atoms with Gasteiger partial charge in [-0.25, -0.2) is 0 Å². The van der Waals surface area contributed by atoms with E-state index in [1.807, 2.05) is 0 Å². The molecule has 1 aromatic heterocycles. The summed E-state index contributed by atoms with van der Waals surface area (Å²) in [6.07, 6.45) is -3.61. The molecule has 1 aliphatic heterocycles. The van der Waals surface area contributed by atoms with Crippen molar-refractivity contribution in [3.05, 3.63) is 40.6 Å². The molecule has 0 radical (unpaired) electrons. The van der Waals surface area contributed by atoms with Crippen LogP contribution in [0.4, 0.5) is 14.5 Å². The average Bonchev–Trinajstić information content (AvgIpc) is 3.25. The molecule has 1 aromatic carbocycles. The van der Waals surface area contributed by atoms with Gasteiger partial charge in [-0.1, -0.05) is 6.07 Å². The van der Waals surface area contributed by atoms with Crippen LogP contribution in [-0.2, 0) is 9.59 Å². The number of alkyl halides is 2. The van der Waals surface area contributed by atoms with E-state index in [0.717, 1.165) is 0 Å². The first-order chi connectivity index (χ1) is 13.3. The maximum atomic E-state index is 13.0. The number of hydrogen-bond donors (Lipinski definition) is 2. The Hall–Kier alpha value is -3.01. The van der Waals surface area contributed by atoms with Crippen molar-refractivity contribution in [1.82, 2.24) is 5.32 Å². The van der Waals surface area contributed by atoms with Crippen molar-refractivity contribution in [3.8, 4) is 11.5 Å². The molecule has 0 spiro atoms. The van der Waals surface area contributed by atoms with E-state index in [2.05, 4.69) is 20.1 Å². The van der Waals surface area contributed by atoms with E-state index < -0.39 is 12.2 Å². The Morgan fingerprint density at radius 1 is 1.00 bits per heavy atom. The molecule has 2 N–H and O–H groups in total. The third-order valence-corrected chi connectivity index (χ3v) is 4.65. The van der Waals surface area contributed by atoms with Crippen LogP contribution in [0.15, 0.2) is 35.7 Å². The minimum atomic E-state index is -3.72. The summed E-state index contributed by atoms with van der Waals surface area (Å²) in [5.74, 6) is -1.14. The van der Waals surface area contributed by atoms with Crippen molar-refractivity contribution in [2.45, 2.75) is 25.6 Å². The molecule has 0 saturated carbocycles. The number of ketones is 1. The summed E-state index contributed by atoms with van der Waals surface area (Å²) in [4.78, 5) is 36.1. The molecular weight excluding hydrogens is 394 g/mol. The van der Waals surface area contributed by atoms with Crippen molar-refractivity contribution in [1.29, 1.82) is 0 Å². The Balaban J connectivity index is 1.37. The highest BCUT2D eigenvalue weighted by atomic mass is 32.1. The smallest absolute Gasteiger partial charge is 0.395 e. The van der Waals surface area contributed by atoms with Crippen LogP contribution in [0.3, 0.4) is 0 Å². The lowest BCUT2D eigenvalue weighted by molar-refractivity contribution is -0.286. The molecule has 2 aromatic rings. The summed E-state index contributed by atoms with van der Waals surface area (Å²) in [5, 5.41) is 6.87. The third-order valence-electron chi connectivity index (χ3n) is 3.73. The Morgan fingerprint density at radius 2 is 1.79 bits per heavy atom. The second-order valence-corrected chi connectivity index (χ2v) is 6.83. The molecular formula is C18H16F2N2O5S. The number of anilines is 1. The topological polar surface area (TPSA) is 93.7 Å². The van der Waals surface area contributed by atoms with E-state index >= 15 is 0 Å². The zero-order valence-corrected chi connectivity index (χ0v) is 15.3. The molecule has 7 nitrogen and oxygen atoms in total. The van der Waals surface area contributed by atoms with E-state index in [-0.39, 0.29) is 54.7 Å². The van der Waals surface area contributed by atoms with Gasteiger partial charge < -0.3 is 20.1 Å². The average molecular weight is 410 g/mol. The lowest BCUT2D eigenvalue weighted by atomic mass is 10.2. The fraction of sp³-hybridized carbons (Fsp3) is 0.278. The first-order valence-corrected chi connectivity index (χ1v) is 9.23. The Labute approximate surface area is 162 Å². The highest BCUT2D eigenvalue weighted by Crippen LogP contribution is 2.42. The number of amides is 2. The number of rotatable bonds is 8. The van der Waals surface area contributed by atoms with Crippen LogP contribution >= 0.6 is 11.3 Å². The first kappa shape index (κ1) is 19.7. The lowest BCUT2D eigenvalue weighted by Gasteiger charge is -2.07. The van der Waals surface area contributed by atoms with Crippen LogP contribution in [0.2, 0.25) is 0 Å². The second-order valence-electron chi connectivity index (χ2n) is 5.88. The number of ether oxygens (including phenoxy) is 2. The van der Waals surface area contributed by atoms with Gasteiger partial charge in [0, 0.05) is 37.6 Å². The van der Waals surface area contributed by atoms with Gasteiger partial charge >= 0.3 is 6.29 Å². The number of carbonyl (C=O) groups excluding carboxylic acids is 3. The monoisotopic (exact) mass is 410 g/mol. The van der Waals surface area contributed by atoms with Gasteiger partial charge in [0.1, 0.15) is 0 Å². The van der Waals surface area contributed by atoms with E-state index in [1.54, 1.807) is 17.5 Å². The highest BCUT2D eigenvalue weighted by Gasteiger charge is 2.43. The van der Waals surface area contributed by atoms with Gasteiger partial charge in [-0.3, -0.25) is 14.4 Å². The van der Waals surface area contributed by atoms with Crippen molar-refractivity contribution >= 4 is 34.6 Å². The van der Waals surface area contributed by atoms with Crippen molar-refractivity contribution < 1.29 is 32.6 Å². The number of fused-ring (bicyclic) bond motifs is 1.